The second-order valence-corrected chi connectivity index (χ2v) is 2.18. The van der Waals surface area contributed by atoms with E-state index in [4.69, 9.17) is 11.5 Å². The van der Waals surface area contributed by atoms with E-state index in [-0.39, 0.29) is 5.92 Å². The van der Waals surface area contributed by atoms with Gasteiger partial charge in [-0.15, -0.1) is 0 Å². The number of aromatic amines is 1. The Morgan fingerprint density at radius 3 is 2.60 bits per heavy atom. The van der Waals surface area contributed by atoms with Gasteiger partial charge in [0.25, 0.3) is 0 Å². The molecule has 0 aliphatic heterocycles. The van der Waals surface area contributed by atoms with Gasteiger partial charge in [0.2, 0.25) is 0 Å². The molecule has 0 saturated heterocycles. The first kappa shape index (κ1) is 7.24. The van der Waals surface area contributed by atoms with Crippen molar-refractivity contribution in [3.05, 3.63) is 18.2 Å². The molecule has 1 aromatic rings. The molecule has 0 spiro atoms. The van der Waals surface area contributed by atoms with E-state index in [1.54, 1.807) is 12.5 Å². The van der Waals surface area contributed by atoms with Crippen LogP contribution in [0.25, 0.3) is 0 Å². The van der Waals surface area contributed by atoms with Gasteiger partial charge in [0.05, 0.1) is 6.33 Å². The molecule has 0 aliphatic carbocycles. The second kappa shape index (κ2) is 3.34. The van der Waals surface area contributed by atoms with Gasteiger partial charge in [0, 0.05) is 30.9 Å². The molecule has 0 amide bonds. The molecule has 1 aromatic heterocycles. The Balaban J connectivity index is 2.64. The van der Waals surface area contributed by atoms with Crippen molar-refractivity contribution in [2.24, 2.45) is 11.5 Å². The molecule has 1 heterocycles. The summed E-state index contributed by atoms with van der Waals surface area (Å²) in [6, 6.07) is 0. The van der Waals surface area contributed by atoms with Crippen LogP contribution in [0.4, 0.5) is 0 Å². The van der Waals surface area contributed by atoms with E-state index in [0.717, 1.165) is 5.69 Å². The summed E-state index contributed by atoms with van der Waals surface area (Å²) in [6.45, 7) is 1.14. The second-order valence-electron chi connectivity index (χ2n) is 2.18. The van der Waals surface area contributed by atoms with Gasteiger partial charge in [-0.25, -0.2) is 4.98 Å². The summed E-state index contributed by atoms with van der Waals surface area (Å²) in [4.78, 5) is 6.84. The smallest absolute Gasteiger partial charge is 0.0921 e. The molecule has 56 valence electrons. The van der Waals surface area contributed by atoms with Crippen LogP contribution in [-0.4, -0.2) is 23.1 Å². The fraction of sp³-hybridized carbons (Fsp3) is 0.500. The maximum absolute atomic E-state index is 5.45. The van der Waals surface area contributed by atoms with Crippen molar-refractivity contribution in [3.63, 3.8) is 0 Å². The van der Waals surface area contributed by atoms with Crippen molar-refractivity contribution in [1.29, 1.82) is 0 Å². The Labute approximate surface area is 59.6 Å². The molecule has 0 bridgehead atoms. The van der Waals surface area contributed by atoms with E-state index in [2.05, 4.69) is 9.97 Å². The number of rotatable bonds is 3. The minimum atomic E-state index is 0.225. The Kier molecular flexibility index (Phi) is 2.42. The highest BCUT2D eigenvalue weighted by Crippen LogP contribution is 2.07. The van der Waals surface area contributed by atoms with Crippen LogP contribution in [0.5, 0.6) is 0 Å². The van der Waals surface area contributed by atoms with E-state index >= 15 is 0 Å². The molecule has 0 fully saturated rings. The predicted octanol–water partition coefficient (Wildman–Crippen LogP) is -0.589. The molecule has 0 aliphatic rings. The van der Waals surface area contributed by atoms with Crippen LogP contribution < -0.4 is 11.5 Å². The fourth-order valence-electron chi connectivity index (χ4n) is 0.840. The molecule has 1 rings (SSSR count). The van der Waals surface area contributed by atoms with Gasteiger partial charge in [-0.3, -0.25) is 0 Å². The van der Waals surface area contributed by atoms with Crippen molar-refractivity contribution in [2.45, 2.75) is 5.92 Å². The summed E-state index contributed by atoms with van der Waals surface area (Å²) >= 11 is 0. The predicted molar refractivity (Wildman–Crippen MR) is 39.4 cm³/mol. The quantitative estimate of drug-likeness (QED) is 0.525. The number of nitrogens with two attached hydrogens (primary N) is 2. The first-order valence-electron chi connectivity index (χ1n) is 3.27. The largest absolute Gasteiger partial charge is 0.348 e. The van der Waals surface area contributed by atoms with Crippen LogP contribution >= 0.6 is 0 Å². The summed E-state index contributed by atoms with van der Waals surface area (Å²) in [5, 5.41) is 0. The molecule has 0 aromatic carbocycles. The van der Waals surface area contributed by atoms with Gasteiger partial charge in [-0.2, -0.15) is 0 Å². The highest BCUT2D eigenvalue weighted by atomic mass is 14.9. The molecule has 0 saturated carbocycles. The monoisotopic (exact) mass is 140 g/mol. The molecular formula is C6H12N4. The maximum Gasteiger partial charge on any atom is 0.0921 e. The summed E-state index contributed by atoms with van der Waals surface area (Å²) in [5.41, 5.74) is 11.9. The lowest BCUT2D eigenvalue weighted by Gasteiger charge is -2.07. The lowest BCUT2D eigenvalue weighted by atomic mass is 10.1. The Hall–Kier alpha value is -0.870. The van der Waals surface area contributed by atoms with Gasteiger partial charge in [-0.05, 0) is 0 Å². The molecule has 10 heavy (non-hydrogen) atoms. The third kappa shape index (κ3) is 1.34. The Bertz CT molecular complexity index is 166. The zero-order chi connectivity index (χ0) is 7.40. The number of imidazole rings is 1. The van der Waals surface area contributed by atoms with E-state index in [1.807, 2.05) is 0 Å². The maximum atomic E-state index is 5.45. The van der Waals surface area contributed by atoms with Crippen molar-refractivity contribution in [2.75, 3.05) is 13.1 Å². The Morgan fingerprint density at radius 1 is 1.50 bits per heavy atom. The number of H-pyrrole nitrogens is 1. The fourth-order valence-corrected chi connectivity index (χ4v) is 0.840. The van der Waals surface area contributed by atoms with Crippen molar-refractivity contribution in [3.8, 4) is 0 Å². The highest BCUT2D eigenvalue weighted by molar-refractivity contribution is 5.04. The van der Waals surface area contributed by atoms with E-state index in [1.165, 1.54) is 0 Å². The molecular weight excluding hydrogens is 128 g/mol. The van der Waals surface area contributed by atoms with Crippen LogP contribution in [0.2, 0.25) is 0 Å². The molecule has 0 atom stereocenters. The van der Waals surface area contributed by atoms with Gasteiger partial charge in [0.15, 0.2) is 0 Å². The number of nitrogens with one attached hydrogen (secondary N) is 1. The highest BCUT2D eigenvalue weighted by Gasteiger charge is 2.06. The molecule has 0 unspecified atom stereocenters. The number of hydrogen-bond donors (Lipinski definition) is 3. The third-order valence-corrected chi connectivity index (χ3v) is 1.53. The minimum Gasteiger partial charge on any atom is -0.348 e. The van der Waals surface area contributed by atoms with Gasteiger partial charge in [0.1, 0.15) is 0 Å². The summed E-state index contributed by atoms with van der Waals surface area (Å²) in [7, 11) is 0. The summed E-state index contributed by atoms with van der Waals surface area (Å²) < 4.78 is 0. The minimum absolute atomic E-state index is 0.225. The third-order valence-electron chi connectivity index (χ3n) is 1.53. The number of hydrogen-bond acceptors (Lipinski definition) is 3. The van der Waals surface area contributed by atoms with Crippen LogP contribution in [0.1, 0.15) is 11.6 Å². The SMILES string of the molecule is NCC(CN)c1cnc[nH]1. The van der Waals surface area contributed by atoms with Gasteiger partial charge in [-0.1, -0.05) is 0 Å². The van der Waals surface area contributed by atoms with E-state index in [0.29, 0.717) is 13.1 Å². The van der Waals surface area contributed by atoms with Crippen molar-refractivity contribution < 1.29 is 0 Å². The van der Waals surface area contributed by atoms with E-state index < -0.39 is 0 Å². The van der Waals surface area contributed by atoms with Crippen LogP contribution in [0.3, 0.4) is 0 Å². The lowest BCUT2D eigenvalue weighted by molar-refractivity contribution is 0.690. The van der Waals surface area contributed by atoms with Gasteiger partial charge >= 0.3 is 0 Å². The first-order valence-corrected chi connectivity index (χ1v) is 3.27. The zero-order valence-corrected chi connectivity index (χ0v) is 5.75. The van der Waals surface area contributed by atoms with Crippen LogP contribution in [0, 0.1) is 0 Å². The summed E-state index contributed by atoms with van der Waals surface area (Å²) in [6.07, 6.45) is 3.39. The summed E-state index contributed by atoms with van der Waals surface area (Å²) in [5.74, 6) is 0.225. The van der Waals surface area contributed by atoms with E-state index in [9.17, 15) is 0 Å². The topological polar surface area (TPSA) is 80.7 Å². The molecule has 0 radical (unpaired) electrons. The normalized spacial score (nSPS) is 10.7. The van der Waals surface area contributed by atoms with Crippen molar-refractivity contribution >= 4 is 0 Å². The number of nitrogens with zero attached hydrogens (tertiary/aromatic N) is 1. The van der Waals surface area contributed by atoms with Crippen molar-refractivity contribution in [1.82, 2.24) is 9.97 Å². The molecule has 4 heteroatoms. The number of aromatic nitrogens is 2. The average molecular weight is 140 g/mol. The average Bonchev–Trinajstić information content (AvgIpc) is 2.43. The van der Waals surface area contributed by atoms with Crippen LogP contribution in [0.15, 0.2) is 12.5 Å². The van der Waals surface area contributed by atoms with Crippen LogP contribution in [-0.2, 0) is 0 Å². The molecule has 5 N–H and O–H groups in total. The standard InChI is InChI=1S/C6H12N4/c7-1-5(2-8)6-3-9-4-10-6/h3-5H,1-2,7-8H2,(H,9,10). The Morgan fingerprint density at radius 2 is 2.20 bits per heavy atom. The molecule has 4 nitrogen and oxygen atoms in total. The van der Waals surface area contributed by atoms with Gasteiger partial charge < -0.3 is 16.5 Å². The lowest BCUT2D eigenvalue weighted by Crippen LogP contribution is -2.21. The first-order chi connectivity index (χ1) is 4.88. The zero-order valence-electron chi connectivity index (χ0n) is 5.75.